The summed E-state index contributed by atoms with van der Waals surface area (Å²) in [5.41, 5.74) is 5.46. The number of nitrogens with zero attached hydrogens (tertiary/aromatic N) is 4. The lowest BCUT2D eigenvalue weighted by Crippen LogP contribution is -2.15. The molecule has 128 valence electrons. The lowest BCUT2D eigenvalue weighted by molar-refractivity contribution is 0.838. The number of hydrogen-bond acceptors (Lipinski definition) is 5. The van der Waals surface area contributed by atoms with Crippen LogP contribution in [0.1, 0.15) is 12.5 Å². The predicted octanol–water partition coefficient (Wildman–Crippen LogP) is 2.53. The Morgan fingerprint density at radius 2 is 2.04 bits per heavy atom. The van der Waals surface area contributed by atoms with E-state index in [9.17, 15) is 4.79 Å². The second-order valence-corrected chi connectivity index (χ2v) is 6.52. The monoisotopic (exact) mass is 344 g/mol. The molecule has 7 nitrogen and oxygen atoms in total. The molecule has 1 unspecified atom stereocenters. The molecule has 4 aromatic rings. The van der Waals surface area contributed by atoms with Gasteiger partial charge in [-0.3, -0.25) is 9.97 Å². The third-order valence-corrected chi connectivity index (χ3v) is 4.65. The van der Waals surface area contributed by atoms with Gasteiger partial charge >= 0.3 is 5.69 Å². The Morgan fingerprint density at radius 3 is 2.88 bits per heavy atom. The second kappa shape index (κ2) is 5.52. The van der Waals surface area contributed by atoms with Crippen molar-refractivity contribution in [3.63, 3.8) is 0 Å². The summed E-state index contributed by atoms with van der Waals surface area (Å²) in [6, 6.07) is 10.1. The van der Waals surface area contributed by atoms with Crippen LogP contribution in [0.3, 0.4) is 0 Å². The van der Waals surface area contributed by atoms with Gasteiger partial charge in [-0.15, -0.1) is 0 Å². The van der Waals surface area contributed by atoms with Gasteiger partial charge in [0.2, 0.25) is 0 Å². The van der Waals surface area contributed by atoms with Crippen LogP contribution in [0.15, 0.2) is 53.7 Å². The van der Waals surface area contributed by atoms with Gasteiger partial charge in [0, 0.05) is 29.7 Å². The van der Waals surface area contributed by atoms with Crippen molar-refractivity contribution < 1.29 is 0 Å². The Hall–Kier alpha value is -3.48. The van der Waals surface area contributed by atoms with Crippen molar-refractivity contribution in [3.05, 3.63) is 65.0 Å². The Morgan fingerprint density at radius 1 is 1.19 bits per heavy atom. The van der Waals surface area contributed by atoms with Crippen molar-refractivity contribution in [1.29, 1.82) is 0 Å². The van der Waals surface area contributed by atoms with Gasteiger partial charge in [-0.05, 0) is 49.2 Å². The number of imidazole rings is 1. The lowest BCUT2D eigenvalue weighted by Gasteiger charge is -2.06. The zero-order valence-corrected chi connectivity index (χ0v) is 14.1. The average molecular weight is 344 g/mol. The van der Waals surface area contributed by atoms with Crippen molar-refractivity contribution in [3.8, 4) is 16.9 Å². The SMILES string of the molecule is CC1Cc2cc(-n3c(=O)[nH]c4ncc(-c5ccncc5)nc43)ccc2N1. The maximum atomic E-state index is 12.6. The number of fused-ring (bicyclic) bond motifs is 2. The summed E-state index contributed by atoms with van der Waals surface area (Å²) >= 11 is 0. The first-order chi connectivity index (χ1) is 12.7. The Balaban J connectivity index is 1.70. The number of benzene rings is 1. The minimum absolute atomic E-state index is 0.245. The molecule has 0 bridgehead atoms. The summed E-state index contributed by atoms with van der Waals surface area (Å²) in [4.78, 5) is 28.4. The molecule has 0 amide bonds. The fourth-order valence-electron chi connectivity index (χ4n) is 3.45. The third kappa shape index (κ3) is 2.28. The van der Waals surface area contributed by atoms with E-state index in [4.69, 9.17) is 0 Å². The van der Waals surface area contributed by atoms with E-state index in [0.717, 1.165) is 23.4 Å². The highest BCUT2D eigenvalue weighted by molar-refractivity contribution is 5.73. The van der Waals surface area contributed by atoms with Crippen LogP contribution in [-0.2, 0) is 6.42 Å². The lowest BCUT2D eigenvalue weighted by atomic mass is 10.1. The fourth-order valence-corrected chi connectivity index (χ4v) is 3.45. The van der Waals surface area contributed by atoms with Gasteiger partial charge in [-0.25, -0.2) is 19.3 Å². The molecule has 26 heavy (non-hydrogen) atoms. The number of rotatable bonds is 2. The molecule has 0 saturated carbocycles. The Bertz CT molecular complexity index is 1180. The number of anilines is 1. The molecule has 5 rings (SSSR count). The van der Waals surface area contributed by atoms with E-state index in [1.54, 1.807) is 23.2 Å². The smallest absolute Gasteiger partial charge is 0.333 e. The van der Waals surface area contributed by atoms with Crippen LogP contribution < -0.4 is 11.0 Å². The molecular weight excluding hydrogens is 328 g/mol. The molecule has 0 spiro atoms. The summed E-state index contributed by atoms with van der Waals surface area (Å²) in [7, 11) is 0. The number of aromatic nitrogens is 5. The van der Waals surface area contributed by atoms with Gasteiger partial charge in [0.25, 0.3) is 0 Å². The minimum Gasteiger partial charge on any atom is -0.382 e. The van der Waals surface area contributed by atoms with Gasteiger partial charge in [0.15, 0.2) is 11.3 Å². The zero-order chi connectivity index (χ0) is 17.7. The van der Waals surface area contributed by atoms with Crippen LogP contribution in [0.4, 0.5) is 5.69 Å². The normalized spacial score (nSPS) is 15.8. The van der Waals surface area contributed by atoms with Gasteiger partial charge in [0.05, 0.1) is 17.6 Å². The molecule has 1 aliphatic heterocycles. The summed E-state index contributed by atoms with van der Waals surface area (Å²) in [5.74, 6) is 0. The van der Waals surface area contributed by atoms with Crippen LogP contribution in [0.5, 0.6) is 0 Å². The summed E-state index contributed by atoms with van der Waals surface area (Å²) in [5, 5.41) is 3.42. The van der Waals surface area contributed by atoms with Crippen LogP contribution >= 0.6 is 0 Å². The van der Waals surface area contributed by atoms with Crippen LogP contribution in [0.2, 0.25) is 0 Å². The highest BCUT2D eigenvalue weighted by Crippen LogP contribution is 2.28. The quantitative estimate of drug-likeness (QED) is 0.583. The number of pyridine rings is 1. The molecule has 0 radical (unpaired) electrons. The number of hydrogen-bond donors (Lipinski definition) is 2. The van der Waals surface area contributed by atoms with Gasteiger partial charge in [0.1, 0.15) is 0 Å². The van der Waals surface area contributed by atoms with Gasteiger partial charge in [-0.2, -0.15) is 0 Å². The largest absolute Gasteiger partial charge is 0.382 e. The molecule has 0 saturated heterocycles. The van der Waals surface area contributed by atoms with Crippen molar-refractivity contribution >= 4 is 17.0 Å². The van der Waals surface area contributed by atoms with Crippen molar-refractivity contribution in [2.75, 3.05) is 5.32 Å². The highest BCUT2D eigenvalue weighted by atomic mass is 16.1. The fraction of sp³-hybridized carbons (Fsp3) is 0.158. The topological polar surface area (TPSA) is 88.5 Å². The van der Waals surface area contributed by atoms with Crippen molar-refractivity contribution in [1.82, 2.24) is 24.5 Å². The first-order valence-electron chi connectivity index (χ1n) is 8.47. The van der Waals surface area contributed by atoms with Gasteiger partial charge in [-0.1, -0.05) is 0 Å². The standard InChI is InChI=1S/C19H16N6O/c1-11-8-13-9-14(2-3-15(13)22-11)25-18-17(24-19(25)26)21-10-16(23-18)12-4-6-20-7-5-12/h2-7,9-11,22H,8H2,1H3,(H,21,24,26). The van der Waals surface area contributed by atoms with E-state index in [-0.39, 0.29) is 5.69 Å². The van der Waals surface area contributed by atoms with Crippen molar-refractivity contribution in [2.45, 2.75) is 19.4 Å². The molecule has 7 heteroatoms. The average Bonchev–Trinajstić information content (AvgIpc) is 3.19. The number of nitrogens with one attached hydrogen (secondary N) is 2. The third-order valence-electron chi connectivity index (χ3n) is 4.65. The zero-order valence-electron chi connectivity index (χ0n) is 14.1. The number of H-pyrrole nitrogens is 1. The molecule has 1 aliphatic rings. The molecule has 2 N–H and O–H groups in total. The maximum absolute atomic E-state index is 12.6. The summed E-state index contributed by atoms with van der Waals surface area (Å²) < 4.78 is 1.58. The second-order valence-electron chi connectivity index (χ2n) is 6.52. The molecule has 1 aromatic carbocycles. The minimum atomic E-state index is -0.245. The van der Waals surface area contributed by atoms with Crippen LogP contribution in [-0.4, -0.2) is 30.5 Å². The van der Waals surface area contributed by atoms with E-state index >= 15 is 0 Å². The van der Waals surface area contributed by atoms with Crippen LogP contribution in [0.25, 0.3) is 28.2 Å². The summed E-state index contributed by atoms with van der Waals surface area (Å²) in [6.07, 6.45) is 6.01. The maximum Gasteiger partial charge on any atom is 0.333 e. The van der Waals surface area contributed by atoms with Crippen LogP contribution in [0, 0.1) is 0 Å². The van der Waals surface area contributed by atoms with E-state index in [0.29, 0.717) is 23.0 Å². The molecule has 0 aliphatic carbocycles. The van der Waals surface area contributed by atoms with Gasteiger partial charge < -0.3 is 5.32 Å². The molecule has 0 fully saturated rings. The number of aromatic amines is 1. The Labute approximate surface area is 148 Å². The van der Waals surface area contributed by atoms with E-state index in [1.165, 1.54) is 5.56 Å². The Kier molecular flexibility index (Phi) is 3.15. The first-order valence-corrected chi connectivity index (χ1v) is 8.47. The van der Waals surface area contributed by atoms with Crippen molar-refractivity contribution in [2.24, 2.45) is 0 Å². The molecule has 1 atom stereocenters. The molecule has 3 aromatic heterocycles. The first kappa shape index (κ1) is 14.8. The van der Waals surface area contributed by atoms with E-state index < -0.39 is 0 Å². The molecular formula is C19H16N6O. The predicted molar refractivity (Wildman–Crippen MR) is 99.5 cm³/mol. The summed E-state index contributed by atoms with van der Waals surface area (Å²) in [6.45, 7) is 2.14. The highest BCUT2D eigenvalue weighted by Gasteiger charge is 2.19. The molecule has 4 heterocycles. The van der Waals surface area contributed by atoms with E-state index in [2.05, 4.69) is 32.2 Å². The van der Waals surface area contributed by atoms with E-state index in [1.807, 2.05) is 30.3 Å².